The minimum absolute atomic E-state index is 0.0531. The summed E-state index contributed by atoms with van der Waals surface area (Å²) in [6, 6.07) is 12.1. The molecule has 0 aromatic heterocycles. The lowest BCUT2D eigenvalue weighted by atomic mass is 10.0. The Morgan fingerprint density at radius 1 is 1.15 bits per heavy atom. The van der Waals surface area contributed by atoms with E-state index in [1.807, 2.05) is 37.3 Å². The molecule has 2 aromatic rings. The predicted octanol–water partition coefficient (Wildman–Crippen LogP) is 3.41. The molecule has 1 aliphatic heterocycles. The molecule has 0 saturated heterocycles. The van der Waals surface area contributed by atoms with E-state index in [0.717, 1.165) is 22.1 Å². The summed E-state index contributed by atoms with van der Waals surface area (Å²) >= 11 is 6.20. The molecular weight excluding hydrogens is 476 g/mol. The average molecular weight is 503 g/mol. The summed E-state index contributed by atoms with van der Waals surface area (Å²) < 4.78 is 29.7. The van der Waals surface area contributed by atoms with Crippen LogP contribution in [0.4, 0.5) is 0 Å². The number of aryl methyl sites for hydroxylation is 1. The lowest BCUT2D eigenvalue weighted by Gasteiger charge is -2.26. The van der Waals surface area contributed by atoms with E-state index in [0.29, 0.717) is 30.0 Å². The third-order valence-corrected chi connectivity index (χ3v) is 7.91. The zero-order valence-corrected chi connectivity index (χ0v) is 20.6. The lowest BCUT2D eigenvalue weighted by Crippen LogP contribution is -2.48. The zero-order chi connectivity index (χ0) is 24.5. The van der Waals surface area contributed by atoms with Gasteiger partial charge in [-0.15, -0.1) is 0 Å². The molecule has 0 fully saturated rings. The second-order valence-corrected chi connectivity index (χ2v) is 11.2. The van der Waals surface area contributed by atoms with Crippen molar-refractivity contribution in [2.24, 2.45) is 0 Å². The van der Waals surface area contributed by atoms with Crippen LogP contribution in [-0.2, 0) is 25.8 Å². The number of carbonyl (C=O) groups excluding carboxylic acids is 2. The molecule has 34 heavy (non-hydrogen) atoms. The van der Waals surface area contributed by atoms with Gasteiger partial charge in [0.2, 0.25) is 5.91 Å². The molecule has 180 valence electrons. The number of fused-ring (bicyclic) bond motifs is 1. The maximum Gasteiger partial charge on any atom is 0.261 e. The molecule has 0 radical (unpaired) electrons. The van der Waals surface area contributed by atoms with E-state index < -0.39 is 33.9 Å². The Labute approximate surface area is 204 Å². The number of amides is 2. The largest absolute Gasteiger partial charge is 0.479 e. The van der Waals surface area contributed by atoms with Gasteiger partial charge in [-0.05, 0) is 61.9 Å². The fourth-order valence-corrected chi connectivity index (χ4v) is 5.84. The summed E-state index contributed by atoms with van der Waals surface area (Å²) in [5, 5.41) is 7.44. The van der Waals surface area contributed by atoms with E-state index >= 15 is 0 Å². The summed E-state index contributed by atoms with van der Waals surface area (Å²) in [6.45, 7) is 3.55. The smallest absolute Gasteiger partial charge is 0.261 e. The van der Waals surface area contributed by atoms with Gasteiger partial charge in [-0.1, -0.05) is 41.9 Å². The minimum atomic E-state index is -3.37. The molecular formula is C25H27ClN2O5S. The highest BCUT2D eigenvalue weighted by Gasteiger charge is 2.36. The number of hydrogen-bond donors (Lipinski definition) is 2. The molecule has 2 N–H and O–H groups in total. The number of benzene rings is 2. The molecule has 1 heterocycles. The molecule has 0 bridgehead atoms. The normalized spacial score (nSPS) is 21.7. The molecule has 1 unspecified atom stereocenters. The van der Waals surface area contributed by atoms with Crippen LogP contribution in [0.2, 0.25) is 5.02 Å². The van der Waals surface area contributed by atoms with Crippen molar-refractivity contribution in [3.63, 3.8) is 0 Å². The van der Waals surface area contributed by atoms with Gasteiger partial charge in [-0.25, -0.2) is 8.42 Å². The van der Waals surface area contributed by atoms with Crippen LogP contribution in [0.5, 0.6) is 5.75 Å². The molecule has 9 heteroatoms. The topological polar surface area (TPSA) is 102 Å². The van der Waals surface area contributed by atoms with E-state index in [2.05, 4.69) is 10.6 Å². The molecule has 4 rings (SSSR count). The van der Waals surface area contributed by atoms with Gasteiger partial charge in [0, 0.05) is 11.0 Å². The van der Waals surface area contributed by atoms with Crippen LogP contribution in [0.15, 0.2) is 53.4 Å². The van der Waals surface area contributed by atoms with E-state index in [1.54, 1.807) is 19.1 Å². The molecule has 0 saturated carbocycles. The summed E-state index contributed by atoms with van der Waals surface area (Å²) in [6.07, 6.45) is 0.533. The summed E-state index contributed by atoms with van der Waals surface area (Å²) in [5.41, 5.74) is 3.11. The number of nitrogens with one attached hydrogen (secondary N) is 2. The van der Waals surface area contributed by atoms with E-state index in [-0.39, 0.29) is 17.2 Å². The SMILES string of the molecule is Cc1ccc(Cl)c(OC(C)C(=O)N[C@@H]2Cc3ccccc3[C@H]2NC(=O)C2=CS(=O)(=O)CCC2)c1. The monoisotopic (exact) mass is 502 g/mol. The first-order chi connectivity index (χ1) is 16.1. The van der Waals surface area contributed by atoms with Crippen molar-refractivity contribution in [3.8, 4) is 5.75 Å². The number of rotatable bonds is 6. The fraction of sp³-hybridized carbons (Fsp3) is 0.360. The van der Waals surface area contributed by atoms with Gasteiger partial charge in [0.25, 0.3) is 5.91 Å². The number of sulfone groups is 1. The Bertz CT molecular complexity index is 1260. The highest BCUT2D eigenvalue weighted by atomic mass is 35.5. The Morgan fingerprint density at radius 3 is 2.68 bits per heavy atom. The van der Waals surface area contributed by atoms with Crippen LogP contribution in [0.25, 0.3) is 0 Å². The van der Waals surface area contributed by atoms with E-state index in [9.17, 15) is 18.0 Å². The van der Waals surface area contributed by atoms with Crippen LogP contribution in [0, 0.1) is 6.92 Å². The Balaban J connectivity index is 1.50. The highest BCUT2D eigenvalue weighted by molar-refractivity contribution is 7.94. The first kappa shape index (κ1) is 24.3. The van der Waals surface area contributed by atoms with Crippen LogP contribution in [-0.4, -0.2) is 38.1 Å². The standard InChI is InChI=1S/C25H27ClN2O5S/c1-15-9-10-20(26)22(12-15)33-16(2)24(29)27-21-13-17-6-3-4-8-19(17)23(21)28-25(30)18-7-5-11-34(31,32)14-18/h3-4,6,8-10,12,14,16,21,23H,5,7,11,13H2,1-2H3,(H,27,29)(H,28,30)/t16?,21-,23-/m1/s1. The molecule has 1 aliphatic carbocycles. The fourth-order valence-electron chi connectivity index (χ4n) is 4.35. The van der Waals surface area contributed by atoms with Crippen LogP contribution >= 0.6 is 11.6 Å². The minimum Gasteiger partial charge on any atom is -0.479 e. The first-order valence-corrected chi connectivity index (χ1v) is 13.3. The Hall–Kier alpha value is -2.84. The van der Waals surface area contributed by atoms with Gasteiger partial charge in [-0.2, -0.15) is 0 Å². The molecule has 0 spiro atoms. The molecule has 2 amide bonds. The van der Waals surface area contributed by atoms with Crippen molar-refractivity contribution in [2.75, 3.05) is 5.75 Å². The molecule has 3 atom stereocenters. The maximum absolute atomic E-state index is 13.0. The first-order valence-electron chi connectivity index (χ1n) is 11.2. The van der Waals surface area contributed by atoms with Crippen molar-refractivity contribution in [1.29, 1.82) is 0 Å². The lowest BCUT2D eigenvalue weighted by molar-refractivity contribution is -0.128. The predicted molar refractivity (Wildman–Crippen MR) is 130 cm³/mol. The van der Waals surface area contributed by atoms with E-state index in [4.69, 9.17) is 16.3 Å². The molecule has 2 aromatic carbocycles. The van der Waals surface area contributed by atoms with Crippen molar-refractivity contribution < 1.29 is 22.7 Å². The molecule has 2 aliphatic rings. The summed E-state index contributed by atoms with van der Waals surface area (Å²) in [4.78, 5) is 25.9. The summed E-state index contributed by atoms with van der Waals surface area (Å²) in [5.74, 6) is -0.291. The number of hydrogen-bond acceptors (Lipinski definition) is 5. The second-order valence-electron chi connectivity index (χ2n) is 8.78. The van der Waals surface area contributed by atoms with E-state index in [1.165, 1.54) is 0 Å². The van der Waals surface area contributed by atoms with Gasteiger partial charge < -0.3 is 15.4 Å². The zero-order valence-electron chi connectivity index (χ0n) is 19.0. The number of carbonyl (C=O) groups is 2. The van der Waals surface area contributed by atoms with Crippen LogP contribution < -0.4 is 15.4 Å². The maximum atomic E-state index is 13.0. The Kier molecular flexibility index (Phi) is 7.00. The highest BCUT2D eigenvalue weighted by Crippen LogP contribution is 2.32. The second kappa shape index (κ2) is 9.80. The van der Waals surface area contributed by atoms with Crippen LogP contribution in [0.1, 0.15) is 42.5 Å². The van der Waals surface area contributed by atoms with Gasteiger partial charge in [0.1, 0.15) is 5.75 Å². The third kappa shape index (κ3) is 5.45. The van der Waals surface area contributed by atoms with Crippen molar-refractivity contribution >= 4 is 33.3 Å². The van der Waals surface area contributed by atoms with Crippen molar-refractivity contribution in [3.05, 3.63) is 75.2 Å². The van der Waals surface area contributed by atoms with Gasteiger partial charge >= 0.3 is 0 Å². The molecule has 7 nitrogen and oxygen atoms in total. The van der Waals surface area contributed by atoms with Gasteiger partial charge in [0.05, 0.1) is 22.9 Å². The number of halogens is 1. The van der Waals surface area contributed by atoms with Crippen LogP contribution in [0.3, 0.4) is 0 Å². The van der Waals surface area contributed by atoms with Crippen molar-refractivity contribution in [2.45, 2.75) is 51.3 Å². The van der Waals surface area contributed by atoms with Gasteiger partial charge in [0.15, 0.2) is 15.9 Å². The third-order valence-electron chi connectivity index (χ3n) is 6.09. The average Bonchev–Trinajstić information content (AvgIpc) is 3.12. The Morgan fingerprint density at radius 2 is 1.91 bits per heavy atom. The van der Waals surface area contributed by atoms with Crippen molar-refractivity contribution in [1.82, 2.24) is 10.6 Å². The summed E-state index contributed by atoms with van der Waals surface area (Å²) in [7, 11) is -3.37. The number of ether oxygens (including phenoxy) is 1. The van der Waals surface area contributed by atoms with Gasteiger partial charge in [-0.3, -0.25) is 9.59 Å². The quantitative estimate of drug-likeness (QED) is 0.630.